The van der Waals surface area contributed by atoms with Gasteiger partial charge < -0.3 is 10.4 Å². The predicted octanol–water partition coefficient (Wildman–Crippen LogP) is -0.0518. The Balaban J connectivity index is 2.16. The van der Waals surface area contributed by atoms with Crippen molar-refractivity contribution in [3.05, 3.63) is 11.3 Å². The summed E-state index contributed by atoms with van der Waals surface area (Å²) in [5.74, 6) is -0.898. The Kier molecular flexibility index (Phi) is 0.695. The van der Waals surface area contributed by atoms with E-state index in [1.807, 2.05) is 0 Å². The van der Waals surface area contributed by atoms with Gasteiger partial charge in [-0.1, -0.05) is 0 Å². The van der Waals surface area contributed by atoms with E-state index in [4.69, 9.17) is 5.11 Å². The van der Waals surface area contributed by atoms with Crippen molar-refractivity contribution in [1.29, 1.82) is 0 Å². The number of carboxylic acid groups (broad SMARTS) is 1. The molecule has 9 heavy (non-hydrogen) atoms. The first-order valence-corrected chi connectivity index (χ1v) is 2.97. The average Bonchev–Trinajstić information content (AvgIpc) is 2.43. The van der Waals surface area contributed by atoms with Gasteiger partial charge in [-0.05, 0) is 5.57 Å². The molecule has 0 fully saturated rings. The number of piperidine rings is 1. The van der Waals surface area contributed by atoms with Gasteiger partial charge in [0.15, 0.2) is 0 Å². The van der Waals surface area contributed by atoms with Crippen LogP contribution in [0.3, 0.4) is 0 Å². The van der Waals surface area contributed by atoms with Gasteiger partial charge in [-0.15, -0.1) is 0 Å². The maximum Gasteiger partial charge on any atom is 0.312 e. The molecule has 0 aromatic carbocycles. The van der Waals surface area contributed by atoms with Crippen LogP contribution in [0.4, 0.5) is 0 Å². The summed E-state index contributed by atoms with van der Waals surface area (Å²) in [7, 11) is 0. The maximum absolute atomic E-state index is 10.4. The molecule has 0 bridgehead atoms. The molecule has 1 atom stereocenters. The zero-order valence-electron chi connectivity index (χ0n) is 4.85. The minimum absolute atomic E-state index is 0.208. The molecule has 3 nitrogen and oxygen atoms in total. The fourth-order valence-corrected chi connectivity index (χ4v) is 1.24. The Labute approximate surface area is 52.4 Å². The fraction of sp³-hybridized carbons (Fsp3) is 0.500. The number of rotatable bonds is 1. The quantitative estimate of drug-likeness (QED) is 0.516. The summed E-state index contributed by atoms with van der Waals surface area (Å²) in [6.07, 6.45) is 0.914. The fourth-order valence-electron chi connectivity index (χ4n) is 1.24. The second kappa shape index (κ2) is 1.29. The largest absolute Gasteiger partial charge is 0.481 e. The lowest BCUT2D eigenvalue weighted by atomic mass is 10.1. The lowest BCUT2D eigenvalue weighted by Crippen LogP contribution is -2.22. The van der Waals surface area contributed by atoms with Crippen molar-refractivity contribution >= 4 is 5.97 Å². The van der Waals surface area contributed by atoms with Crippen LogP contribution >= 0.6 is 0 Å². The number of hydrogen-bond acceptors (Lipinski definition) is 2. The van der Waals surface area contributed by atoms with Gasteiger partial charge in [-0.2, -0.15) is 0 Å². The van der Waals surface area contributed by atoms with Gasteiger partial charge in [0.1, 0.15) is 0 Å². The topological polar surface area (TPSA) is 49.3 Å². The molecule has 2 aliphatic rings. The van der Waals surface area contributed by atoms with Crippen molar-refractivity contribution in [2.24, 2.45) is 5.92 Å². The molecular formula is C6H7NO2. The third-order valence-electron chi connectivity index (χ3n) is 1.87. The van der Waals surface area contributed by atoms with Crippen molar-refractivity contribution in [2.75, 3.05) is 6.54 Å². The lowest BCUT2D eigenvalue weighted by molar-refractivity contribution is -0.139. The van der Waals surface area contributed by atoms with Crippen molar-refractivity contribution < 1.29 is 9.90 Å². The Bertz CT molecular complexity index is 207. The summed E-state index contributed by atoms with van der Waals surface area (Å²) in [6.45, 7) is 0.611. The van der Waals surface area contributed by atoms with E-state index in [2.05, 4.69) is 5.32 Å². The van der Waals surface area contributed by atoms with Crippen molar-refractivity contribution in [3.63, 3.8) is 0 Å². The minimum Gasteiger partial charge on any atom is -0.481 e. The minimum atomic E-state index is -0.690. The zero-order valence-corrected chi connectivity index (χ0v) is 4.85. The van der Waals surface area contributed by atoms with Gasteiger partial charge in [-0.25, -0.2) is 0 Å². The van der Waals surface area contributed by atoms with Gasteiger partial charge >= 0.3 is 5.97 Å². The van der Waals surface area contributed by atoms with Crippen LogP contribution in [0.15, 0.2) is 11.3 Å². The highest BCUT2D eigenvalue weighted by Crippen LogP contribution is 2.39. The molecule has 0 saturated carbocycles. The molecular weight excluding hydrogens is 118 g/mol. The molecule has 0 aromatic heterocycles. The van der Waals surface area contributed by atoms with E-state index < -0.39 is 5.97 Å². The van der Waals surface area contributed by atoms with E-state index in [-0.39, 0.29) is 5.92 Å². The highest BCUT2D eigenvalue weighted by molar-refractivity contribution is 5.77. The third-order valence-corrected chi connectivity index (χ3v) is 1.87. The Morgan fingerprint density at radius 3 is 2.78 bits per heavy atom. The van der Waals surface area contributed by atoms with Crippen LogP contribution in [-0.4, -0.2) is 17.6 Å². The van der Waals surface area contributed by atoms with E-state index in [1.54, 1.807) is 0 Å². The van der Waals surface area contributed by atoms with Crippen molar-refractivity contribution in [2.45, 2.75) is 6.42 Å². The molecule has 1 heterocycles. The number of allylic oxidation sites excluding steroid dienone is 1. The molecule has 0 radical (unpaired) electrons. The smallest absolute Gasteiger partial charge is 0.312 e. The van der Waals surface area contributed by atoms with E-state index in [9.17, 15) is 4.79 Å². The molecule has 0 saturated heterocycles. The molecule has 2 rings (SSSR count). The average molecular weight is 125 g/mol. The summed E-state index contributed by atoms with van der Waals surface area (Å²) in [5, 5.41) is 11.6. The van der Waals surface area contributed by atoms with Crippen LogP contribution in [-0.2, 0) is 4.79 Å². The van der Waals surface area contributed by atoms with Gasteiger partial charge in [-0.3, -0.25) is 4.79 Å². The van der Waals surface area contributed by atoms with Crippen LogP contribution in [0, 0.1) is 5.92 Å². The summed E-state index contributed by atoms with van der Waals surface area (Å²) >= 11 is 0. The summed E-state index contributed by atoms with van der Waals surface area (Å²) in [6, 6.07) is 0. The SMILES string of the molecule is O=C(O)C1CNC2=C1C2. The first-order chi connectivity index (χ1) is 4.29. The second-order valence-electron chi connectivity index (χ2n) is 2.45. The summed E-state index contributed by atoms with van der Waals surface area (Å²) in [5.41, 5.74) is 2.28. The monoisotopic (exact) mass is 125 g/mol. The normalized spacial score (nSPS) is 29.6. The highest BCUT2D eigenvalue weighted by Gasteiger charge is 2.39. The Hall–Kier alpha value is -0.990. The van der Waals surface area contributed by atoms with Crippen LogP contribution in [0.25, 0.3) is 0 Å². The predicted molar refractivity (Wildman–Crippen MR) is 30.8 cm³/mol. The van der Waals surface area contributed by atoms with Gasteiger partial charge in [0.2, 0.25) is 0 Å². The van der Waals surface area contributed by atoms with Crippen LogP contribution in [0.2, 0.25) is 0 Å². The highest BCUT2D eigenvalue weighted by atomic mass is 16.4. The molecule has 0 aromatic rings. The molecule has 0 amide bonds. The Morgan fingerprint density at radius 2 is 2.56 bits per heavy atom. The van der Waals surface area contributed by atoms with Crippen LogP contribution < -0.4 is 5.32 Å². The number of carbonyl (C=O) groups is 1. The number of hydrogen-bond donors (Lipinski definition) is 2. The third kappa shape index (κ3) is 0.542. The van der Waals surface area contributed by atoms with E-state index in [0.717, 1.165) is 12.0 Å². The van der Waals surface area contributed by atoms with Gasteiger partial charge in [0, 0.05) is 18.7 Å². The standard InChI is InChI=1S/C6H7NO2/c8-6(9)4-2-7-5-1-3(4)5/h4,7H,1-2H2,(H,8,9). The van der Waals surface area contributed by atoms with E-state index in [1.165, 1.54) is 5.70 Å². The molecule has 1 unspecified atom stereocenters. The van der Waals surface area contributed by atoms with Gasteiger partial charge in [0.25, 0.3) is 0 Å². The maximum atomic E-state index is 10.4. The number of aliphatic carboxylic acids is 1. The number of nitrogens with one attached hydrogen (secondary N) is 1. The molecule has 2 N–H and O–H groups in total. The first-order valence-electron chi connectivity index (χ1n) is 2.97. The molecule has 1 aliphatic carbocycles. The molecule has 1 aliphatic heterocycles. The summed E-state index contributed by atoms with van der Waals surface area (Å²) < 4.78 is 0. The molecule has 48 valence electrons. The first kappa shape index (κ1) is 4.85. The van der Waals surface area contributed by atoms with Crippen molar-refractivity contribution in [3.8, 4) is 0 Å². The van der Waals surface area contributed by atoms with E-state index >= 15 is 0 Å². The second-order valence-corrected chi connectivity index (χ2v) is 2.45. The van der Waals surface area contributed by atoms with Crippen LogP contribution in [0.1, 0.15) is 6.42 Å². The Morgan fingerprint density at radius 1 is 1.78 bits per heavy atom. The number of carboxylic acids is 1. The van der Waals surface area contributed by atoms with Crippen molar-refractivity contribution in [1.82, 2.24) is 5.32 Å². The van der Waals surface area contributed by atoms with Crippen LogP contribution in [0.5, 0.6) is 0 Å². The molecule has 3 heteroatoms. The molecule has 0 spiro atoms. The zero-order chi connectivity index (χ0) is 6.43. The summed E-state index contributed by atoms with van der Waals surface area (Å²) in [4.78, 5) is 10.4. The van der Waals surface area contributed by atoms with E-state index in [0.29, 0.717) is 6.54 Å². The van der Waals surface area contributed by atoms with Gasteiger partial charge in [0.05, 0.1) is 5.92 Å². The lowest BCUT2D eigenvalue weighted by Gasteiger charge is -2.04.